The summed E-state index contributed by atoms with van der Waals surface area (Å²) < 4.78 is 17.1. The third kappa shape index (κ3) is 35.3. The maximum Gasteiger partial charge on any atom is 0.306 e. The first-order valence-electron chi connectivity index (χ1n) is 21.9. The lowest BCUT2D eigenvalue weighted by Gasteiger charge is -2.34. The highest BCUT2D eigenvalue weighted by Crippen LogP contribution is 2.14. The molecule has 0 aliphatic carbocycles. The summed E-state index contributed by atoms with van der Waals surface area (Å²) in [5.74, 6) is -1.75. The van der Waals surface area contributed by atoms with Gasteiger partial charge in [-0.1, -0.05) is 141 Å². The van der Waals surface area contributed by atoms with Gasteiger partial charge in [-0.05, 0) is 57.8 Å². The minimum atomic E-state index is -1.13. The van der Waals surface area contributed by atoms with Crippen LogP contribution in [0.25, 0.3) is 0 Å². The Labute approximate surface area is 326 Å². The van der Waals surface area contributed by atoms with Crippen molar-refractivity contribution in [1.82, 2.24) is 0 Å². The summed E-state index contributed by atoms with van der Waals surface area (Å²) >= 11 is 0. The lowest BCUT2D eigenvalue weighted by molar-refractivity contribution is -0.889. The van der Waals surface area contributed by atoms with Crippen molar-refractivity contribution in [3.8, 4) is 0 Å². The molecular formula is C45H83NO7. The number of nitrogens with zero attached hydrogens (tertiary/aromatic N) is 1. The number of carbonyl (C=O) groups excluding carboxylic acids is 3. The van der Waals surface area contributed by atoms with Gasteiger partial charge in [0.05, 0.1) is 40.3 Å². The molecule has 0 N–H and O–H groups in total. The number of hydrogen-bond donors (Lipinski definition) is 0. The van der Waals surface area contributed by atoms with Gasteiger partial charge in [0.1, 0.15) is 12.6 Å². The Bertz CT molecular complexity index is 926. The minimum Gasteiger partial charge on any atom is -0.544 e. The number of carboxylic acid groups (broad SMARTS) is 1. The predicted octanol–water partition coefficient (Wildman–Crippen LogP) is 10.4. The number of carbonyl (C=O) groups is 3. The van der Waals surface area contributed by atoms with Crippen LogP contribution in [0, 0.1) is 0 Å². The van der Waals surface area contributed by atoms with Crippen LogP contribution in [0.3, 0.4) is 0 Å². The summed E-state index contributed by atoms with van der Waals surface area (Å²) in [7, 11) is 5.40. The summed E-state index contributed by atoms with van der Waals surface area (Å²) in [6.45, 7) is 4.61. The number of unbranched alkanes of at least 4 members (excludes halogenated alkanes) is 21. The van der Waals surface area contributed by atoms with Crippen molar-refractivity contribution in [2.45, 2.75) is 206 Å². The molecule has 8 heteroatoms. The van der Waals surface area contributed by atoms with Gasteiger partial charge in [0, 0.05) is 19.3 Å². The van der Waals surface area contributed by atoms with Crippen LogP contribution in [-0.4, -0.2) is 75.5 Å². The summed E-state index contributed by atoms with van der Waals surface area (Å²) in [4.78, 5) is 36.8. The summed E-state index contributed by atoms with van der Waals surface area (Å²) in [6, 6.07) is -0.725. The van der Waals surface area contributed by atoms with E-state index in [1.165, 1.54) is 96.3 Å². The van der Waals surface area contributed by atoms with Crippen LogP contribution >= 0.6 is 0 Å². The van der Waals surface area contributed by atoms with E-state index in [4.69, 9.17) is 14.2 Å². The number of rotatable bonds is 39. The lowest BCUT2D eigenvalue weighted by Crippen LogP contribution is -2.55. The van der Waals surface area contributed by atoms with Crippen LogP contribution < -0.4 is 5.11 Å². The Morgan fingerprint density at radius 1 is 0.547 bits per heavy atom. The van der Waals surface area contributed by atoms with Crippen LogP contribution in [0.5, 0.6) is 0 Å². The van der Waals surface area contributed by atoms with E-state index in [9.17, 15) is 19.5 Å². The van der Waals surface area contributed by atoms with Gasteiger partial charge in [0.15, 0.2) is 6.10 Å². The number of quaternary nitrogens is 1. The van der Waals surface area contributed by atoms with Crippen LogP contribution in [0.1, 0.15) is 194 Å². The largest absolute Gasteiger partial charge is 0.544 e. The van der Waals surface area contributed by atoms with Crippen molar-refractivity contribution in [2.24, 2.45) is 0 Å². The van der Waals surface area contributed by atoms with E-state index < -0.39 is 18.1 Å². The van der Waals surface area contributed by atoms with E-state index in [2.05, 4.69) is 38.2 Å². The predicted molar refractivity (Wildman–Crippen MR) is 217 cm³/mol. The Morgan fingerprint density at radius 2 is 0.962 bits per heavy atom. The number of allylic oxidation sites excluding steroid dienone is 4. The van der Waals surface area contributed by atoms with Crippen molar-refractivity contribution in [3.05, 3.63) is 24.3 Å². The number of aliphatic carboxylic acids is 1. The van der Waals surface area contributed by atoms with Gasteiger partial charge in [-0.2, -0.15) is 0 Å². The zero-order valence-corrected chi connectivity index (χ0v) is 35.2. The fourth-order valence-electron chi connectivity index (χ4n) is 6.34. The number of likely N-dealkylation sites (N-methyl/N-ethyl adjacent to an activating group) is 1. The molecule has 8 nitrogen and oxygen atoms in total. The van der Waals surface area contributed by atoms with E-state index in [-0.39, 0.29) is 42.7 Å². The molecule has 2 atom stereocenters. The first-order valence-corrected chi connectivity index (χ1v) is 21.9. The Balaban J connectivity index is 4.31. The molecule has 0 aromatic rings. The second-order valence-electron chi connectivity index (χ2n) is 15.9. The van der Waals surface area contributed by atoms with Gasteiger partial charge in [-0.3, -0.25) is 9.59 Å². The average Bonchev–Trinajstić information content (AvgIpc) is 3.11. The second kappa shape index (κ2) is 36.8. The first-order chi connectivity index (χ1) is 25.6. The monoisotopic (exact) mass is 750 g/mol. The fraction of sp³-hybridized carbons (Fsp3) is 0.844. The highest BCUT2D eigenvalue weighted by molar-refractivity contribution is 5.70. The molecule has 0 aromatic heterocycles. The molecule has 0 amide bonds. The van der Waals surface area contributed by atoms with E-state index in [0.29, 0.717) is 12.8 Å². The molecule has 0 spiro atoms. The number of carboxylic acids is 1. The van der Waals surface area contributed by atoms with Crippen LogP contribution in [0.15, 0.2) is 24.3 Å². The maximum atomic E-state index is 12.7. The first kappa shape index (κ1) is 50.8. The molecule has 2 unspecified atom stereocenters. The Kier molecular flexibility index (Phi) is 35.2. The normalized spacial score (nSPS) is 13.2. The fourth-order valence-corrected chi connectivity index (χ4v) is 6.34. The molecule has 0 heterocycles. The lowest BCUT2D eigenvalue weighted by atomic mass is 10.1. The summed E-state index contributed by atoms with van der Waals surface area (Å²) in [5.41, 5.74) is 0. The zero-order valence-electron chi connectivity index (χ0n) is 35.2. The summed E-state index contributed by atoms with van der Waals surface area (Å²) in [6.07, 6.45) is 39.2. The second-order valence-corrected chi connectivity index (χ2v) is 15.9. The van der Waals surface area contributed by atoms with Crippen molar-refractivity contribution in [2.75, 3.05) is 41.0 Å². The van der Waals surface area contributed by atoms with E-state index >= 15 is 0 Å². The third-order valence-electron chi connectivity index (χ3n) is 9.81. The van der Waals surface area contributed by atoms with Crippen molar-refractivity contribution >= 4 is 17.9 Å². The third-order valence-corrected chi connectivity index (χ3v) is 9.81. The van der Waals surface area contributed by atoms with E-state index in [0.717, 1.165) is 64.2 Å². The Morgan fingerprint density at radius 3 is 1.42 bits per heavy atom. The zero-order chi connectivity index (χ0) is 39.3. The van der Waals surface area contributed by atoms with Crippen molar-refractivity contribution < 1.29 is 38.2 Å². The Hall–Kier alpha value is -2.19. The molecule has 0 fully saturated rings. The van der Waals surface area contributed by atoms with E-state index in [1.54, 1.807) is 21.1 Å². The quantitative estimate of drug-likeness (QED) is 0.0267. The van der Waals surface area contributed by atoms with Gasteiger partial charge < -0.3 is 28.6 Å². The standard InChI is InChI=1S/C45H83NO7/c1-6-8-10-12-14-16-18-19-20-21-22-23-24-26-27-29-31-33-35-43(47)52-40-41(39-51-38-37-42(45(49)50)46(3,4)5)53-44(48)36-34-32-30-28-25-17-15-13-11-9-7-2/h13,15,22-23,41-42H,6-12,14,16-21,24-40H2,1-5H3/b15-13+,23-22+. The van der Waals surface area contributed by atoms with Gasteiger partial charge in [-0.25, -0.2) is 0 Å². The summed E-state index contributed by atoms with van der Waals surface area (Å²) in [5, 5.41) is 11.6. The SMILES string of the molecule is CCCC/C=C/CCCCCCCC(=O)OC(COCCC(C(=O)[O-])[N+](C)(C)C)COC(=O)CCCCCCC/C=C/CCCCCCCCCCC. The van der Waals surface area contributed by atoms with Crippen molar-refractivity contribution in [1.29, 1.82) is 0 Å². The number of ether oxygens (including phenoxy) is 3. The van der Waals surface area contributed by atoms with Crippen LogP contribution in [0.2, 0.25) is 0 Å². The molecule has 0 aromatic carbocycles. The molecule has 0 saturated heterocycles. The highest BCUT2D eigenvalue weighted by atomic mass is 16.6. The molecule has 310 valence electrons. The average molecular weight is 750 g/mol. The molecule has 0 saturated carbocycles. The van der Waals surface area contributed by atoms with Gasteiger partial charge in [0.2, 0.25) is 0 Å². The van der Waals surface area contributed by atoms with Crippen LogP contribution in [0.4, 0.5) is 0 Å². The van der Waals surface area contributed by atoms with Gasteiger partial charge >= 0.3 is 11.9 Å². The minimum absolute atomic E-state index is 0.0370. The molecule has 53 heavy (non-hydrogen) atoms. The van der Waals surface area contributed by atoms with Crippen molar-refractivity contribution in [3.63, 3.8) is 0 Å². The molecule has 0 aliphatic heterocycles. The highest BCUT2D eigenvalue weighted by Gasteiger charge is 2.25. The maximum absolute atomic E-state index is 12.7. The molecule has 0 aliphatic rings. The van der Waals surface area contributed by atoms with E-state index in [1.807, 2.05) is 0 Å². The van der Waals surface area contributed by atoms with Gasteiger partial charge in [-0.15, -0.1) is 0 Å². The molecule has 0 bridgehead atoms. The number of hydrogen-bond acceptors (Lipinski definition) is 7. The number of esters is 2. The molecule has 0 radical (unpaired) electrons. The van der Waals surface area contributed by atoms with Crippen LogP contribution in [-0.2, 0) is 28.6 Å². The van der Waals surface area contributed by atoms with Gasteiger partial charge in [0.25, 0.3) is 0 Å². The smallest absolute Gasteiger partial charge is 0.306 e. The molecular weight excluding hydrogens is 666 g/mol. The topological polar surface area (TPSA) is 102 Å². The molecule has 0 rings (SSSR count).